The molecule has 0 unspecified atom stereocenters. The van der Waals surface area contributed by atoms with E-state index in [1.807, 2.05) is 37.3 Å². The van der Waals surface area contributed by atoms with Gasteiger partial charge in [0.15, 0.2) is 10.9 Å². The third-order valence-corrected chi connectivity index (χ3v) is 5.53. The number of anilines is 2. The molecule has 2 N–H and O–H groups in total. The van der Waals surface area contributed by atoms with E-state index in [0.717, 1.165) is 0 Å². The molecule has 3 aromatic rings. The summed E-state index contributed by atoms with van der Waals surface area (Å²) >= 11 is 2.43. The molecule has 8 nitrogen and oxygen atoms in total. The lowest BCUT2D eigenvalue weighted by Crippen LogP contribution is -2.20. The first kappa shape index (κ1) is 21.6. The Bertz CT molecular complexity index is 982. The fraction of sp³-hybridized carbons (Fsp3) is 0.200. The van der Waals surface area contributed by atoms with Crippen LogP contribution in [0.1, 0.15) is 6.92 Å². The zero-order valence-electron chi connectivity index (χ0n) is 16.2. The molecule has 30 heavy (non-hydrogen) atoms. The predicted octanol–water partition coefficient (Wildman–Crippen LogP) is 3.69. The highest BCUT2D eigenvalue weighted by Crippen LogP contribution is 2.27. The smallest absolute Gasteiger partial charge is 0.264 e. The standard InChI is InChI=1S/C20H20N4O4S2/c1-2-27-16-11-7-6-10-15(16)21-18(26)13-29-20-24-23-19(30-20)22-17(25)12-28-14-8-4-3-5-9-14/h3-11H,2,12-13H2,1H3,(H,21,26)(H,22,23,25). The van der Waals surface area contributed by atoms with Crippen molar-refractivity contribution in [2.45, 2.75) is 11.3 Å². The minimum atomic E-state index is -0.336. The first-order chi connectivity index (χ1) is 14.6. The number of carbonyl (C=O) groups excluding carboxylic acids is 2. The maximum Gasteiger partial charge on any atom is 0.264 e. The topological polar surface area (TPSA) is 102 Å². The second-order valence-electron chi connectivity index (χ2n) is 5.79. The van der Waals surface area contributed by atoms with E-state index in [0.29, 0.717) is 33.3 Å². The molecule has 0 spiro atoms. The highest BCUT2D eigenvalue weighted by molar-refractivity contribution is 8.01. The SMILES string of the molecule is CCOc1ccccc1NC(=O)CSc1nnc(NC(=O)COc2ccccc2)s1. The Morgan fingerprint density at radius 3 is 2.53 bits per heavy atom. The lowest BCUT2D eigenvalue weighted by Gasteiger charge is -2.10. The van der Waals surface area contributed by atoms with Gasteiger partial charge in [0.1, 0.15) is 11.5 Å². The van der Waals surface area contributed by atoms with Crippen LogP contribution in [0.5, 0.6) is 11.5 Å². The number of hydrogen-bond donors (Lipinski definition) is 2. The number of ether oxygens (including phenoxy) is 2. The maximum absolute atomic E-state index is 12.2. The lowest BCUT2D eigenvalue weighted by molar-refractivity contribution is -0.118. The molecule has 156 valence electrons. The molecule has 0 aliphatic rings. The zero-order valence-corrected chi connectivity index (χ0v) is 17.8. The van der Waals surface area contributed by atoms with Crippen molar-refractivity contribution in [1.82, 2.24) is 10.2 Å². The maximum atomic E-state index is 12.2. The number of nitrogens with zero attached hydrogens (tertiary/aromatic N) is 2. The summed E-state index contributed by atoms with van der Waals surface area (Å²) in [4.78, 5) is 24.2. The van der Waals surface area contributed by atoms with E-state index < -0.39 is 0 Å². The molecule has 10 heteroatoms. The van der Waals surface area contributed by atoms with Crippen LogP contribution in [-0.2, 0) is 9.59 Å². The van der Waals surface area contributed by atoms with Crippen molar-refractivity contribution in [2.75, 3.05) is 29.6 Å². The monoisotopic (exact) mass is 444 g/mol. The van der Waals surface area contributed by atoms with Crippen molar-refractivity contribution in [2.24, 2.45) is 0 Å². The van der Waals surface area contributed by atoms with Crippen LogP contribution in [0.2, 0.25) is 0 Å². The summed E-state index contributed by atoms with van der Waals surface area (Å²) in [6, 6.07) is 16.3. The Kier molecular flexibility index (Phi) is 8.04. The van der Waals surface area contributed by atoms with Crippen LogP contribution in [-0.4, -0.2) is 41.0 Å². The van der Waals surface area contributed by atoms with Gasteiger partial charge < -0.3 is 14.8 Å². The molecular formula is C20H20N4O4S2. The Balaban J connectivity index is 1.44. The van der Waals surface area contributed by atoms with Crippen LogP contribution in [0, 0.1) is 0 Å². The largest absolute Gasteiger partial charge is 0.492 e. The fourth-order valence-corrected chi connectivity index (χ4v) is 3.87. The first-order valence-corrected chi connectivity index (χ1v) is 10.9. The van der Waals surface area contributed by atoms with E-state index in [2.05, 4.69) is 20.8 Å². The summed E-state index contributed by atoms with van der Waals surface area (Å²) in [6.45, 7) is 2.26. The number of hydrogen-bond acceptors (Lipinski definition) is 8. The molecule has 3 rings (SSSR count). The van der Waals surface area contributed by atoms with Crippen LogP contribution >= 0.6 is 23.1 Å². The number of aromatic nitrogens is 2. The molecule has 1 heterocycles. The van der Waals surface area contributed by atoms with Crippen molar-refractivity contribution in [3.05, 3.63) is 54.6 Å². The third kappa shape index (κ3) is 6.75. The molecule has 0 saturated heterocycles. The van der Waals surface area contributed by atoms with Gasteiger partial charge in [0.2, 0.25) is 11.0 Å². The minimum absolute atomic E-state index is 0.131. The van der Waals surface area contributed by atoms with E-state index in [1.165, 1.54) is 23.1 Å². The summed E-state index contributed by atoms with van der Waals surface area (Å²) in [5, 5.41) is 13.7. The highest BCUT2D eigenvalue weighted by atomic mass is 32.2. The van der Waals surface area contributed by atoms with Crippen LogP contribution in [0.25, 0.3) is 0 Å². The predicted molar refractivity (Wildman–Crippen MR) is 117 cm³/mol. The molecule has 0 atom stereocenters. The van der Waals surface area contributed by atoms with Gasteiger partial charge in [-0.1, -0.05) is 53.4 Å². The summed E-state index contributed by atoms with van der Waals surface area (Å²) in [6.07, 6.45) is 0. The van der Waals surface area contributed by atoms with Gasteiger partial charge in [-0.3, -0.25) is 14.9 Å². The zero-order chi connectivity index (χ0) is 21.2. The molecule has 0 saturated carbocycles. The molecule has 1 aromatic heterocycles. The van der Waals surface area contributed by atoms with Gasteiger partial charge in [0.05, 0.1) is 18.0 Å². The van der Waals surface area contributed by atoms with Crippen LogP contribution in [0.4, 0.5) is 10.8 Å². The van der Waals surface area contributed by atoms with Crippen molar-refractivity contribution in [3.8, 4) is 11.5 Å². The summed E-state index contributed by atoms with van der Waals surface area (Å²) in [5.74, 6) is 0.858. The van der Waals surface area contributed by atoms with Crippen molar-refractivity contribution in [1.29, 1.82) is 0 Å². The van der Waals surface area contributed by atoms with Crippen molar-refractivity contribution < 1.29 is 19.1 Å². The van der Waals surface area contributed by atoms with Gasteiger partial charge in [-0.05, 0) is 31.2 Å². The summed E-state index contributed by atoms with van der Waals surface area (Å²) in [5.41, 5.74) is 0.619. The van der Waals surface area contributed by atoms with Gasteiger partial charge >= 0.3 is 0 Å². The normalized spacial score (nSPS) is 10.3. The number of benzene rings is 2. The molecule has 2 aromatic carbocycles. The van der Waals surface area contributed by atoms with Gasteiger partial charge in [-0.2, -0.15) is 0 Å². The van der Waals surface area contributed by atoms with Gasteiger partial charge in [0.25, 0.3) is 5.91 Å². The second-order valence-corrected chi connectivity index (χ2v) is 7.99. The highest BCUT2D eigenvalue weighted by Gasteiger charge is 2.12. The van der Waals surface area contributed by atoms with E-state index in [9.17, 15) is 9.59 Å². The first-order valence-electron chi connectivity index (χ1n) is 9.09. The molecule has 0 fully saturated rings. The number of amides is 2. The van der Waals surface area contributed by atoms with Gasteiger partial charge in [-0.25, -0.2) is 0 Å². The van der Waals surface area contributed by atoms with Crippen LogP contribution in [0.15, 0.2) is 58.9 Å². The van der Waals surface area contributed by atoms with E-state index in [4.69, 9.17) is 9.47 Å². The average Bonchev–Trinajstić information content (AvgIpc) is 3.20. The summed E-state index contributed by atoms with van der Waals surface area (Å²) in [7, 11) is 0. The molecule has 0 aliphatic carbocycles. The van der Waals surface area contributed by atoms with Crippen LogP contribution < -0.4 is 20.1 Å². The fourth-order valence-electron chi connectivity index (χ4n) is 2.30. The van der Waals surface area contributed by atoms with Crippen LogP contribution in [0.3, 0.4) is 0 Å². The molecule has 2 amide bonds. The summed E-state index contributed by atoms with van der Waals surface area (Å²) < 4.78 is 11.5. The van der Waals surface area contributed by atoms with E-state index in [1.54, 1.807) is 24.3 Å². The number of rotatable bonds is 10. The van der Waals surface area contributed by atoms with Gasteiger partial charge in [0, 0.05) is 0 Å². The Morgan fingerprint density at radius 1 is 0.967 bits per heavy atom. The lowest BCUT2D eigenvalue weighted by atomic mass is 10.3. The Morgan fingerprint density at radius 2 is 1.73 bits per heavy atom. The molecule has 0 radical (unpaired) electrons. The quantitative estimate of drug-likeness (QED) is 0.363. The van der Waals surface area contributed by atoms with Crippen molar-refractivity contribution in [3.63, 3.8) is 0 Å². The van der Waals surface area contributed by atoms with E-state index in [-0.39, 0.29) is 24.2 Å². The molecular weight excluding hydrogens is 424 g/mol. The van der Waals surface area contributed by atoms with Crippen molar-refractivity contribution >= 4 is 45.7 Å². The number of para-hydroxylation sites is 3. The average molecular weight is 445 g/mol. The Hall–Kier alpha value is -3.11. The molecule has 0 aliphatic heterocycles. The van der Waals surface area contributed by atoms with Gasteiger partial charge in [-0.15, -0.1) is 10.2 Å². The Labute approximate surface area is 182 Å². The molecule has 0 bridgehead atoms. The number of carbonyl (C=O) groups is 2. The third-order valence-electron chi connectivity index (χ3n) is 3.55. The number of thioether (sulfide) groups is 1. The second kappa shape index (κ2) is 11.2. The minimum Gasteiger partial charge on any atom is -0.492 e. The number of nitrogens with one attached hydrogen (secondary N) is 2. The van der Waals surface area contributed by atoms with E-state index >= 15 is 0 Å².